The van der Waals surface area contributed by atoms with Crippen LogP contribution in [0.3, 0.4) is 0 Å². The maximum atomic E-state index is 12.1. The molecule has 4 N–H and O–H groups in total. The van der Waals surface area contributed by atoms with Gasteiger partial charge in [0.25, 0.3) is 0 Å². The van der Waals surface area contributed by atoms with E-state index >= 15 is 0 Å². The largest absolute Gasteiger partial charge is 0.367 e. The summed E-state index contributed by atoms with van der Waals surface area (Å²) in [5.41, 5.74) is 5.46. The van der Waals surface area contributed by atoms with Crippen LogP contribution in [0.15, 0.2) is 12.3 Å². The van der Waals surface area contributed by atoms with Gasteiger partial charge in [-0.3, -0.25) is 4.79 Å². The zero-order valence-electron chi connectivity index (χ0n) is 11.8. The first-order chi connectivity index (χ1) is 10.0. The number of hydrogen-bond acceptors (Lipinski definition) is 4. The summed E-state index contributed by atoms with van der Waals surface area (Å²) in [4.78, 5) is 16.2. The quantitative estimate of drug-likeness (QED) is 0.725. The summed E-state index contributed by atoms with van der Waals surface area (Å²) in [6.45, 7) is 0.995. The number of carbonyl (C=O) groups is 1. The van der Waals surface area contributed by atoms with Crippen molar-refractivity contribution in [2.45, 2.75) is 37.6 Å². The molecule has 1 heterocycles. The molecule has 0 spiro atoms. The van der Waals surface area contributed by atoms with Gasteiger partial charge in [-0.25, -0.2) is 4.98 Å². The molecular weight excluding hydrogens is 311 g/mol. The third kappa shape index (κ3) is 4.46. The van der Waals surface area contributed by atoms with Gasteiger partial charge in [0, 0.05) is 19.3 Å². The van der Waals surface area contributed by atoms with Gasteiger partial charge in [0.2, 0.25) is 5.91 Å². The van der Waals surface area contributed by atoms with Crippen LogP contribution < -0.4 is 16.4 Å². The fraction of sp³-hybridized carbons (Fsp3) is 0.571. The number of amides is 1. The molecule has 0 saturated heterocycles. The minimum Gasteiger partial charge on any atom is -0.367 e. The average Bonchev–Trinajstić information content (AvgIpc) is 2.46. The second kappa shape index (κ2) is 7.29. The van der Waals surface area contributed by atoms with Crippen LogP contribution in [-0.4, -0.2) is 29.5 Å². The third-order valence-corrected chi connectivity index (χ3v) is 4.20. The van der Waals surface area contributed by atoms with Crippen molar-refractivity contribution < 1.29 is 4.79 Å². The molecule has 1 aromatic heterocycles. The summed E-state index contributed by atoms with van der Waals surface area (Å²) in [5, 5.41) is 6.87. The molecular formula is C14H20Cl2N4O. The summed E-state index contributed by atoms with van der Waals surface area (Å²) in [6, 6.07) is 1.62. The van der Waals surface area contributed by atoms with Gasteiger partial charge in [-0.1, -0.05) is 42.5 Å². The molecule has 0 bridgehead atoms. The van der Waals surface area contributed by atoms with Crippen LogP contribution in [0.2, 0.25) is 10.0 Å². The Kier molecular flexibility index (Phi) is 5.67. The van der Waals surface area contributed by atoms with Gasteiger partial charge < -0.3 is 16.4 Å². The lowest BCUT2D eigenvalue weighted by molar-refractivity contribution is -0.127. The van der Waals surface area contributed by atoms with Gasteiger partial charge in [-0.05, 0) is 18.9 Å². The van der Waals surface area contributed by atoms with Gasteiger partial charge in [0.15, 0.2) is 0 Å². The molecule has 1 saturated carbocycles. The highest BCUT2D eigenvalue weighted by atomic mass is 35.5. The van der Waals surface area contributed by atoms with E-state index in [1.54, 1.807) is 6.07 Å². The van der Waals surface area contributed by atoms with Crippen LogP contribution in [-0.2, 0) is 4.79 Å². The fourth-order valence-electron chi connectivity index (χ4n) is 2.49. The Morgan fingerprint density at radius 3 is 2.67 bits per heavy atom. The molecule has 0 radical (unpaired) electrons. The van der Waals surface area contributed by atoms with Crippen LogP contribution in [0.25, 0.3) is 0 Å². The average molecular weight is 331 g/mol. The fourth-order valence-corrected chi connectivity index (χ4v) is 2.93. The van der Waals surface area contributed by atoms with E-state index in [4.69, 9.17) is 28.9 Å². The number of nitrogens with one attached hydrogen (secondary N) is 2. The second-order valence-electron chi connectivity index (χ2n) is 5.38. The van der Waals surface area contributed by atoms with Gasteiger partial charge in [-0.15, -0.1) is 0 Å². The summed E-state index contributed by atoms with van der Waals surface area (Å²) in [7, 11) is 0. The maximum Gasteiger partial charge on any atom is 0.240 e. The van der Waals surface area contributed by atoms with Crippen LogP contribution in [0.5, 0.6) is 0 Å². The Balaban J connectivity index is 1.75. The second-order valence-corrected chi connectivity index (χ2v) is 6.23. The number of rotatable bonds is 5. The maximum absolute atomic E-state index is 12.1. The van der Waals surface area contributed by atoms with Crippen molar-refractivity contribution >= 4 is 34.9 Å². The molecule has 1 fully saturated rings. The van der Waals surface area contributed by atoms with Crippen LogP contribution in [0, 0.1) is 0 Å². The Morgan fingerprint density at radius 1 is 1.29 bits per heavy atom. The Hall–Kier alpha value is -1.04. The number of hydrogen-bond donors (Lipinski definition) is 3. The molecule has 1 amide bonds. The lowest BCUT2D eigenvalue weighted by Gasteiger charge is -2.31. The first kappa shape index (κ1) is 16.3. The molecule has 0 unspecified atom stereocenters. The van der Waals surface area contributed by atoms with E-state index in [1.165, 1.54) is 6.20 Å². The van der Waals surface area contributed by atoms with Crippen molar-refractivity contribution in [1.29, 1.82) is 0 Å². The summed E-state index contributed by atoms with van der Waals surface area (Å²) < 4.78 is 0. The third-order valence-electron chi connectivity index (χ3n) is 3.71. The van der Waals surface area contributed by atoms with Gasteiger partial charge in [0.05, 0.1) is 15.6 Å². The zero-order valence-corrected chi connectivity index (χ0v) is 13.3. The molecule has 2 rings (SSSR count). The molecule has 116 valence electrons. The summed E-state index contributed by atoms with van der Waals surface area (Å²) >= 11 is 11.8. The monoisotopic (exact) mass is 330 g/mol. The first-order valence-electron chi connectivity index (χ1n) is 7.13. The highest BCUT2D eigenvalue weighted by Crippen LogP contribution is 2.26. The molecule has 1 aliphatic carbocycles. The van der Waals surface area contributed by atoms with E-state index in [2.05, 4.69) is 15.6 Å². The highest BCUT2D eigenvalue weighted by Gasteiger charge is 2.34. The van der Waals surface area contributed by atoms with E-state index in [9.17, 15) is 4.79 Å². The smallest absolute Gasteiger partial charge is 0.240 e. The standard InChI is InChI=1S/C14H20Cl2N4O/c15-10-8-11(16)12(20-9-10)18-6-7-19-13(21)14(17)4-2-1-3-5-14/h8-9H,1-7,17H2,(H,18,20)(H,19,21). The molecule has 0 aliphatic heterocycles. The van der Waals surface area contributed by atoms with Gasteiger partial charge in [-0.2, -0.15) is 0 Å². The van der Waals surface area contributed by atoms with Crippen molar-refractivity contribution in [2.75, 3.05) is 18.4 Å². The van der Waals surface area contributed by atoms with Gasteiger partial charge >= 0.3 is 0 Å². The predicted molar refractivity (Wildman–Crippen MR) is 85.8 cm³/mol. The van der Waals surface area contributed by atoms with Crippen LogP contribution in [0.1, 0.15) is 32.1 Å². The number of nitrogens with two attached hydrogens (primary N) is 1. The molecule has 0 atom stereocenters. The van der Waals surface area contributed by atoms with E-state index in [0.717, 1.165) is 32.1 Å². The molecule has 5 nitrogen and oxygen atoms in total. The van der Waals surface area contributed by atoms with E-state index in [0.29, 0.717) is 29.0 Å². The topological polar surface area (TPSA) is 80.0 Å². The highest BCUT2D eigenvalue weighted by molar-refractivity contribution is 6.35. The van der Waals surface area contributed by atoms with Crippen molar-refractivity contribution in [3.8, 4) is 0 Å². The number of aromatic nitrogens is 1. The van der Waals surface area contributed by atoms with Crippen molar-refractivity contribution in [3.63, 3.8) is 0 Å². The Labute approximate surface area is 134 Å². The molecule has 1 aliphatic rings. The minimum atomic E-state index is -0.700. The molecule has 0 aromatic carbocycles. The molecule has 21 heavy (non-hydrogen) atoms. The first-order valence-corrected chi connectivity index (χ1v) is 7.89. The molecule has 1 aromatic rings. The number of anilines is 1. The Morgan fingerprint density at radius 2 is 2.00 bits per heavy atom. The van der Waals surface area contributed by atoms with E-state index in [1.807, 2.05) is 0 Å². The Bertz CT molecular complexity index is 504. The lowest BCUT2D eigenvalue weighted by Crippen LogP contribution is -2.55. The predicted octanol–water partition coefficient (Wildman–Crippen LogP) is 2.58. The van der Waals surface area contributed by atoms with E-state index in [-0.39, 0.29) is 5.91 Å². The summed E-state index contributed by atoms with van der Waals surface area (Å²) in [5.74, 6) is 0.481. The minimum absolute atomic E-state index is 0.0702. The van der Waals surface area contributed by atoms with E-state index < -0.39 is 5.54 Å². The van der Waals surface area contributed by atoms with Crippen molar-refractivity contribution in [1.82, 2.24) is 10.3 Å². The van der Waals surface area contributed by atoms with Crippen molar-refractivity contribution in [3.05, 3.63) is 22.3 Å². The number of pyridine rings is 1. The van der Waals surface area contributed by atoms with Crippen LogP contribution in [0.4, 0.5) is 5.82 Å². The number of nitrogens with zero attached hydrogens (tertiary/aromatic N) is 1. The lowest BCUT2D eigenvalue weighted by atomic mass is 9.82. The van der Waals surface area contributed by atoms with Crippen LogP contribution >= 0.6 is 23.2 Å². The number of carbonyl (C=O) groups excluding carboxylic acids is 1. The molecule has 7 heteroatoms. The SMILES string of the molecule is NC1(C(=O)NCCNc2ncc(Cl)cc2Cl)CCCCC1. The normalized spacial score (nSPS) is 17.3. The zero-order chi connectivity index (χ0) is 15.3. The summed E-state index contributed by atoms with van der Waals surface area (Å²) in [6.07, 6.45) is 6.24. The van der Waals surface area contributed by atoms with Crippen molar-refractivity contribution in [2.24, 2.45) is 5.73 Å². The number of halogens is 2. The van der Waals surface area contributed by atoms with Gasteiger partial charge in [0.1, 0.15) is 5.82 Å².